The van der Waals surface area contributed by atoms with E-state index in [4.69, 9.17) is 5.11 Å². The van der Waals surface area contributed by atoms with Crippen molar-refractivity contribution in [2.75, 3.05) is 29.5 Å². The first kappa shape index (κ1) is 27.9. The number of aliphatic carboxylic acids is 1. The number of amides is 4. The number of carboxylic acids is 1. The maximum Gasteiger partial charge on any atom is 0.305 e. The van der Waals surface area contributed by atoms with E-state index in [0.717, 1.165) is 15.2 Å². The van der Waals surface area contributed by atoms with Gasteiger partial charge in [0.25, 0.3) is 17.7 Å². The van der Waals surface area contributed by atoms with E-state index in [1.807, 2.05) is 0 Å². The Morgan fingerprint density at radius 2 is 1.75 bits per heavy atom. The molecule has 13 nitrogen and oxygen atoms in total. The molecular weight excluding hydrogens is 522 g/mol. The molecule has 4 amide bonds. The molecule has 13 heteroatoms. The van der Waals surface area contributed by atoms with Gasteiger partial charge in [-0.05, 0) is 23.6 Å². The number of fused-ring (bicyclic) bond motifs is 2. The second kappa shape index (κ2) is 12.1. The molecule has 4 rings (SSSR count). The second-order valence-corrected chi connectivity index (χ2v) is 8.89. The number of nitrogens with one attached hydrogen (secondary N) is 2. The van der Waals surface area contributed by atoms with Crippen LogP contribution >= 0.6 is 0 Å². The summed E-state index contributed by atoms with van der Waals surface area (Å²) >= 11 is 0. The molecule has 1 aliphatic heterocycles. The highest BCUT2D eigenvalue weighted by Gasteiger charge is 2.38. The molecule has 0 spiro atoms. The van der Waals surface area contributed by atoms with Crippen molar-refractivity contribution in [1.82, 2.24) is 15.6 Å². The minimum atomic E-state index is -1.37. The van der Waals surface area contributed by atoms with Crippen molar-refractivity contribution in [3.8, 4) is 0 Å². The molecule has 0 saturated carbocycles. The van der Waals surface area contributed by atoms with E-state index in [9.17, 15) is 33.9 Å². The van der Waals surface area contributed by atoms with Crippen LogP contribution in [0.2, 0.25) is 0 Å². The lowest BCUT2D eigenvalue weighted by molar-refractivity contribution is -0.139. The number of rotatable bonds is 9. The fraction of sp³-hybridized carbons (Fsp3) is 0.222. The molecule has 1 aliphatic rings. The van der Waals surface area contributed by atoms with Gasteiger partial charge in [0.1, 0.15) is 31.2 Å². The zero-order valence-electron chi connectivity index (χ0n) is 21.0. The number of pyridine rings is 1. The minimum Gasteiger partial charge on any atom is -0.481 e. The van der Waals surface area contributed by atoms with Crippen LogP contribution in [0, 0.1) is 0 Å². The van der Waals surface area contributed by atoms with Gasteiger partial charge in [0.05, 0.1) is 30.4 Å². The molecule has 2 atom stereocenters. The van der Waals surface area contributed by atoms with E-state index in [-0.39, 0.29) is 29.9 Å². The van der Waals surface area contributed by atoms with Crippen molar-refractivity contribution in [1.29, 1.82) is 0 Å². The lowest BCUT2D eigenvalue weighted by Gasteiger charge is -2.25. The highest BCUT2D eigenvalue weighted by molar-refractivity contribution is 6.12. The van der Waals surface area contributed by atoms with Gasteiger partial charge in [-0.2, -0.15) is 0 Å². The maximum atomic E-state index is 13.8. The van der Waals surface area contributed by atoms with Gasteiger partial charge in [-0.25, -0.2) is 0 Å². The van der Waals surface area contributed by atoms with Crippen LogP contribution in [-0.4, -0.2) is 82.9 Å². The molecule has 40 heavy (non-hydrogen) atoms. The monoisotopic (exact) mass is 547 g/mol. The maximum absolute atomic E-state index is 13.8. The number of aliphatic hydroxyl groups excluding tert-OH is 1. The molecule has 206 valence electrons. The molecule has 0 fully saturated rings. The van der Waals surface area contributed by atoms with Crippen molar-refractivity contribution in [2.45, 2.75) is 18.5 Å². The minimum absolute atomic E-state index is 0.0412. The highest BCUT2D eigenvalue weighted by atomic mass is 16.4. The summed E-state index contributed by atoms with van der Waals surface area (Å²) in [6, 6.07) is 12.2. The van der Waals surface area contributed by atoms with Gasteiger partial charge in [0.15, 0.2) is 0 Å². The van der Waals surface area contributed by atoms with Crippen LogP contribution in [0.4, 0.5) is 11.4 Å². The van der Waals surface area contributed by atoms with Crippen LogP contribution in [0.5, 0.6) is 0 Å². The van der Waals surface area contributed by atoms with Crippen molar-refractivity contribution < 1.29 is 39.0 Å². The number of aldehydes is 1. The van der Waals surface area contributed by atoms with Gasteiger partial charge in [-0.1, -0.05) is 36.4 Å². The highest BCUT2D eigenvalue weighted by Crippen LogP contribution is 2.33. The van der Waals surface area contributed by atoms with Crippen LogP contribution in [0.3, 0.4) is 0 Å². The predicted octanol–water partition coefficient (Wildman–Crippen LogP) is -0.136. The number of hydrogen-bond acceptors (Lipinski definition) is 8. The lowest BCUT2D eigenvalue weighted by Crippen LogP contribution is -2.55. The number of carbonyl (C=O) groups excluding carboxylic acids is 5. The molecule has 2 heterocycles. The number of nitrogens with zero attached hydrogens (tertiary/aromatic N) is 3. The van der Waals surface area contributed by atoms with E-state index in [2.05, 4.69) is 15.6 Å². The topological polar surface area (TPSA) is 186 Å². The number of para-hydroxylation sites is 2. The first-order valence-electron chi connectivity index (χ1n) is 12.2. The summed E-state index contributed by atoms with van der Waals surface area (Å²) < 4.78 is 0. The Morgan fingerprint density at radius 1 is 1.05 bits per heavy atom. The Kier molecular flexibility index (Phi) is 8.45. The van der Waals surface area contributed by atoms with Crippen LogP contribution in [0.15, 0.2) is 60.8 Å². The molecule has 0 aliphatic carbocycles. The number of aliphatic hydroxyl groups is 1. The summed E-state index contributed by atoms with van der Waals surface area (Å²) in [5, 5.41) is 24.7. The molecular formula is C27H25N5O8. The fourth-order valence-electron chi connectivity index (χ4n) is 4.42. The third-order valence-electron chi connectivity index (χ3n) is 6.23. The Morgan fingerprint density at radius 3 is 2.45 bits per heavy atom. The number of aromatic nitrogens is 1. The number of carboxylic acid groups (broad SMARTS) is 1. The molecule has 4 N–H and O–H groups in total. The number of carbonyl (C=O) groups is 6. The van der Waals surface area contributed by atoms with Gasteiger partial charge < -0.3 is 30.5 Å². The van der Waals surface area contributed by atoms with Crippen molar-refractivity contribution in [3.63, 3.8) is 0 Å². The zero-order chi connectivity index (χ0) is 28.8. The van der Waals surface area contributed by atoms with Gasteiger partial charge in [0, 0.05) is 11.6 Å². The molecule has 0 bridgehead atoms. The number of hydrogen-bond donors (Lipinski definition) is 4. The van der Waals surface area contributed by atoms with Crippen molar-refractivity contribution in [2.24, 2.45) is 0 Å². The smallest absolute Gasteiger partial charge is 0.305 e. The third-order valence-corrected chi connectivity index (χ3v) is 6.23. The van der Waals surface area contributed by atoms with Gasteiger partial charge >= 0.3 is 5.97 Å². The average molecular weight is 548 g/mol. The first-order chi connectivity index (χ1) is 19.2. The Hall–Kier alpha value is -5.17. The number of anilines is 2. The molecule has 1 aromatic heterocycles. The fourth-order valence-corrected chi connectivity index (χ4v) is 4.42. The summed E-state index contributed by atoms with van der Waals surface area (Å²) in [7, 11) is 0. The van der Waals surface area contributed by atoms with Crippen LogP contribution in [0.1, 0.15) is 16.9 Å². The molecule has 0 radical (unpaired) electrons. The standard InChI is InChI=1S/C27H25N5O8/c33-14-17(11-24(37)38)29-22(35)13-32-21-8-4-3-7-20(21)31(23(36)15-34)12-19(27(32)40)30-26(39)25-18-6-2-1-5-16(18)9-10-28-25/h1-10,14,17,19,34H,11-13,15H2,(H,29,35)(H,30,39)(H,37,38)/t17-,19-/m0/s1. The Balaban J connectivity index is 1.69. The first-order valence-corrected chi connectivity index (χ1v) is 12.2. The summed E-state index contributed by atoms with van der Waals surface area (Å²) in [6.45, 7) is -1.90. The van der Waals surface area contributed by atoms with Crippen LogP contribution in [0.25, 0.3) is 10.8 Å². The predicted molar refractivity (Wildman–Crippen MR) is 141 cm³/mol. The van der Waals surface area contributed by atoms with Gasteiger partial charge in [-0.15, -0.1) is 0 Å². The Labute approximate surface area is 227 Å². The van der Waals surface area contributed by atoms with Crippen LogP contribution in [-0.2, 0) is 24.0 Å². The lowest BCUT2D eigenvalue weighted by atomic mass is 10.1. The van der Waals surface area contributed by atoms with Crippen LogP contribution < -0.4 is 20.4 Å². The number of benzene rings is 2. The molecule has 0 saturated heterocycles. The van der Waals surface area contributed by atoms with Crippen molar-refractivity contribution >= 4 is 58.0 Å². The quantitative estimate of drug-likeness (QED) is 0.265. The summed E-state index contributed by atoms with van der Waals surface area (Å²) in [5.74, 6) is -4.37. The summed E-state index contributed by atoms with van der Waals surface area (Å²) in [4.78, 5) is 81.3. The second-order valence-electron chi connectivity index (χ2n) is 8.89. The summed E-state index contributed by atoms with van der Waals surface area (Å²) in [5.41, 5.74) is 0.366. The normalized spacial score (nSPS) is 15.5. The molecule has 2 aromatic carbocycles. The van der Waals surface area contributed by atoms with E-state index < -0.39 is 61.3 Å². The molecule has 3 aromatic rings. The van der Waals surface area contributed by atoms with E-state index in [1.54, 1.807) is 42.5 Å². The van der Waals surface area contributed by atoms with Gasteiger partial charge in [0.2, 0.25) is 5.91 Å². The average Bonchev–Trinajstić information content (AvgIpc) is 3.06. The largest absolute Gasteiger partial charge is 0.481 e. The van der Waals surface area contributed by atoms with E-state index >= 15 is 0 Å². The summed E-state index contributed by atoms with van der Waals surface area (Å²) in [6.07, 6.45) is 1.06. The SMILES string of the molecule is O=C[C@H](CC(=O)O)NC(=O)CN1C(=O)[C@@H](NC(=O)c2nccc3ccccc23)CN(C(=O)CO)c2ccccc21. The van der Waals surface area contributed by atoms with Crippen molar-refractivity contribution in [3.05, 3.63) is 66.5 Å². The molecule has 0 unspecified atom stereocenters. The van der Waals surface area contributed by atoms with Gasteiger partial charge in [-0.3, -0.25) is 33.9 Å². The Bertz CT molecular complexity index is 1490. The third kappa shape index (κ3) is 5.94. The zero-order valence-corrected chi connectivity index (χ0v) is 21.0. The van der Waals surface area contributed by atoms with E-state index in [0.29, 0.717) is 5.39 Å². The van der Waals surface area contributed by atoms with E-state index in [1.165, 1.54) is 18.3 Å².